The minimum atomic E-state index is -0.211. The minimum Gasteiger partial charge on any atom is -0.467 e. The molecule has 3 rings (SSSR count). The molecule has 34 heavy (non-hydrogen) atoms. The molecule has 2 aromatic carbocycles. The second-order valence-electron chi connectivity index (χ2n) is 7.97. The predicted molar refractivity (Wildman–Crippen MR) is 129 cm³/mol. The van der Waals surface area contributed by atoms with Gasteiger partial charge in [-0.05, 0) is 56.0 Å². The Labute approximate surface area is 205 Å². The first-order chi connectivity index (χ1) is 16.4. The molecule has 1 aliphatic rings. The Kier molecular flexibility index (Phi) is 9.15. The monoisotopic (exact) mass is 490 g/mol. The molecule has 1 N–H and O–H groups in total. The Balaban J connectivity index is 1.95. The lowest BCUT2D eigenvalue weighted by molar-refractivity contribution is 0.0448. The first kappa shape index (κ1) is 25.8. The number of benzene rings is 2. The molecular weight excluding hydrogens is 460 g/mol. The van der Waals surface area contributed by atoms with Crippen molar-refractivity contribution in [1.82, 2.24) is 10.2 Å². The maximum atomic E-state index is 13.7. The molecule has 8 nitrogen and oxygen atoms in total. The summed E-state index contributed by atoms with van der Waals surface area (Å²) in [5, 5.41) is 3.10. The SMILES string of the molecule is CCNC(=O)c1ccc(C)c(C2CCCN2C(=O)c2cc(Cl)c(OCOC)cc2OCOC)c1. The third kappa shape index (κ3) is 5.81. The summed E-state index contributed by atoms with van der Waals surface area (Å²) in [7, 11) is 3.01. The first-order valence-corrected chi connectivity index (χ1v) is 11.6. The van der Waals surface area contributed by atoms with Gasteiger partial charge >= 0.3 is 0 Å². The van der Waals surface area contributed by atoms with E-state index in [1.165, 1.54) is 14.2 Å². The van der Waals surface area contributed by atoms with Crippen LogP contribution >= 0.6 is 11.6 Å². The van der Waals surface area contributed by atoms with E-state index in [0.717, 1.165) is 24.0 Å². The van der Waals surface area contributed by atoms with Crippen LogP contribution in [0.1, 0.15) is 57.7 Å². The van der Waals surface area contributed by atoms with E-state index in [0.29, 0.717) is 35.7 Å². The second-order valence-corrected chi connectivity index (χ2v) is 8.38. The van der Waals surface area contributed by atoms with E-state index in [1.54, 1.807) is 18.2 Å². The maximum absolute atomic E-state index is 13.7. The van der Waals surface area contributed by atoms with Gasteiger partial charge in [-0.2, -0.15) is 0 Å². The second kappa shape index (κ2) is 12.1. The van der Waals surface area contributed by atoms with E-state index in [1.807, 2.05) is 30.9 Å². The van der Waals surface area contributed by atoms with Crippen molar-refractivity contribution >= 4 is 23.4 Å². The van der Waals surface area contributed by atoms with Crippen molar-refractivity contribution in [3.05, 3.63) is 57.6 Å². The van der Waals surface area contributed by atoms with Gasteiger partial charge in [-0.25, -0.2) is 0 Å². The van der Waals surface area contributed by atoms with E-state index in [9.17, 15) is 9.59 Å². The molecular formula is C25H31ClN2O6. The lowest BCUT2D eigenvalue weighted by Crippen LogP contribution is -2.31. The summed E-state index contributed by atoms with van der Waals surface area (Å²) in [6.45, 7) is 4.96. The van der Waals surface area contributed by atoms with Crippen molar-refractivity contribution in [1.29, 1.82) is 0 Å². The molecule has 184 valence electrons. The number of nitrogens with one attached hydrogen (secondary N) is 1. The van der Waals surface area contributed by atoms with Crippen molar-refractivity contribution in [3.63, 3.8) is 0 Å². The molecule has 0 aliphatic carbocycles. The molecule has 1 atom stereocenters. The average molecular weight is 491 g/mol. The van der Waals surface area contributed by atoms with E-state index < -0.39 is 0 Å². The van der Waals surface area contributed by atoms with Crippen LogP contribution in [0.5, 0.6) is 11.5 Å². The Morgan fingerprint density at radius 1 is 1.09 bits per heavy atom. The zero-order valence-electron chi connectivity index (χ0n) is 20.0. The van der Waals surface area contributed by atoms with E-state index in [2.05, 4.69) is 5.32 Å². The summed E-state index contributed by atoms with van der Waals surface area (Å²) in [5.74, 6) is 0.306. The van der Waals surface area contributed by atoms with Crippen molar-refractivity contribution in [3.8, 4) is 11.5 Å². The molecule has 0 bridgehead atoms. The topological polar surface area (TPSA) is 86.3 Å². The summed E-state index contributed by atoms with van der Waals surface area (Å²) < 4.78 is 21.2. The standard InChI is InChI=1S/C25H31ClN2O6/c1-5-27-24(29)17-9-8-16(2)18(11-17)21-7-6-10-28(21)25(30)19-12-20(26)23(34-15-32-4)13-22(19)33-14-31-3/h8-9,11-13,21H,5-7,10,14-15H2,1-4H3,(H,27,29). The Morgan fingerprint density at radius 2 is 1.79 bits per heavy atom. The number of carbonyl (C=O) groups is 2. The van der Waals surface area contributed by atoms with Gasteiger partial charge in [0.25, 0.3) is 11.8 Å². The molecule has 0 radical (unpaired) electrons. The van der Waals surface area contributed by atoms with Crippen LogP contribution in [0.4, 0.5) is 0 Å². The number of amides is 2. The summed E-state index contributed by atoms with van der Waals surface area (Å²) in [6.07, 6.45) is 1.64. The largest absolute Gasteiger partial charge is 0.467 e. The summed E-state index contributed by atoms with van der Waals surface area (Å²) >= 11 is 6.40. The van der Waals surface area contributed by atoms with Crippen LogP contribution < -0.4 is 14.8 Å². The first-order valence-electron chi connectivity index (χ1n) is 11.2. The molecule has 1 saturated heterocycles. The summed E-state index contributed by atoms with van der Waals surface area (Å²) in [6, 6.07) is 8.56. The zero-order chi connectivity index (χ0) is 24.7. The van der Waals surface area contributed by atoms with Crippen LogP contribution in [0, 0.1) is 6.92 Å². The molecule has 9 heteroatoms. The van der Waals surface area contributed by atoms with Gasteiger partial charge in [0.1, 0.15) is 11.5 Å². The third-order valence-electron chi connectivity index (χ3n) is 5.68. The van der Waals surface area contributed by atoms with Crippen molar-refractivity contribution < 1.29 is 28.5 Å². The van der Waals surface area contributed by atoms with Gasteiger partial charge in [0.05, 0.1) is 16.6 Å². The molecule has 1 fully saturated rings. The van der Waals surface area contributed by atoms with E-state index >= 15 is 0 Å². The minimum absolute atomic E-state index is 0.00611. The molecule has 1 heterocycles. The Hall–Kier alpha value is -2.81. The van der Waals surface area contributed by atoms with Crippen molar-refractivity contribution in [2.45, 2.75) is 32.7 Å². The smallest absolute Gasteiger partial charge is 0.258 e. The number of rotatable bonds is 10. The van der Waals surface area contributed by atoms with Gasteiger partial charge < -0.3 is 29.2 Å². The van der Waals surface area contributed by atoms with E-state index in [-0.39, 0.29) is 36.5 Å². The van der Waals surface area contributed by atoms with Crippen molar-refractivity contribution in [2.75, 3.05) is 40.9 Å². The fraction of sp³-hybridized carbons (Fsp3) is 0.440. The van der Waals surface area contributed by atoms with Crippen LogP contribution in [0.2, 0.25) is 5.02 Å². The highest BCUT2D eigenvalue weighted by Crippen LogP contribution is 2.39. The van der Waals surface area contributed by atoms with Crippen LogP contribution in [0.3, 0.4) is 0 Å². The fourth-order valence-electron chi connectivity index (χ4n) is 4.07. The zero-order valence-corrected chi connectivity index (χ0v) is 20.7. The fourth-order valence-corrected chi connectivity index (χ4v) is 4.29. The molecule has 0 saturated carbocycles. The van der Waals surface area contributed by atoms with E-state index in [4.69, 9.17) is 30.5 Å². The number of ether oxygens (including phenoxy) is 4. The number of methoxy groups -OCH3 is 2. The van der Waals surface area contributed by atoms with Gasteiger partial charge in [-0.15, -0.1) is 0 Å². The van der Waals surface area contributed by atoms with Crippen LogP contribution in [-0.4, -0.2) is 57.6 Å². The predicted octanol–water partition coefficient (Wildman–Crippen LogP) is 4.34. The van der Waals surface area contributed by atoms with Crippen molar-refractivity contribution in [2.24, 2.45) is 0 Å². The molecule has 2 amide bonds. The third-order valence-corrected chi connectivity index (χ3v) is 5.98. The van der Waals surface area contributed by atoms with Crippen LogP contribution in [0.25, 0.3) is 0 Å². The highest BCUT2D eigenvalue weighted by molar-refractivity contribution is 6.32. The molecule has 1 unspecified atom stereocenters. The normalized spacial score (nSPS) is 15.3. The number of hydrogen-bond donors (Lipinski definition) is 1. The Morgan fingerprint density at radius 3 is 2.47 bits per heavy atom. The molecule has 1 aliphatic heterocycles. The van der Waals surface area contributed by atoms with Crippen LogP contribution in [-0.2, 0) is 9.47 Å². The Bertz CT molecular complexity index is 1030. The maximum Gasteiger partial charge on any atom is 0.258 e. The average Bonchev–Trinajstić information content (AvgIpc) is 3.32. The lowest BCUT2D eigenvalue weighted by Gasteiger charge is -2.28. The highest BCUT2D eigenvalue weighted by atomic mass is 35.5. The molecule has 0 spiro atoms. The number of aryl methyl sites for hydroxylation is 1. The highest BCUT2D eigenvalue weighted by Gasteiger charge is 2.33. The van der Waals surface area contributed by atoms with Gasteiger partial charge in [0.2, 0.25) is 0 Å². The number of carbonyl (C=O) groups excluding carboxylic acids is 2. The number of nitrogens with zero attached hydrogens (tertiary/aromatic N) is 1. The molecule has 0 aromatic heterocycles. The quantitative estimate of drug-likeness (QED) is 0.498. The summed E-state index contributed by atoms with van der Waals surface area (Å²) in [5.41, 5.74) is 2.87. The van der Waals surface area contributed by atoms with Gasteiger partial charge in [0.15, 0.2) is 13.6 Å². The van der Waals surface area contributed by atoms with Crippen LogP contribution in [0.15, 0.2) is 30.3 Å². The number of halogens is 1. The molecule has 2 aromatic rings. The number of likely N-dealkylation sites (tertiary alicyclic amines) is 1. The van der Waals surface area contributed by atoms with Gasteiger partial charge in [-0.1, -0.05) is 17.7 Å². The van der Waals surface area contributed by atoms with Gasteiger partial charge in [-0.3, -0.25) is 9.59 Å². The van der Waals surface area contributed by atoms with Gasteiger partial charge in [0, 0.05) is 38.9 Å². The number of hydrogen-bond acceptors (Lipinski definition) is 6. The lowest BCUT2D eigenvalue weighted by atomic mass is 9.96. The summed E-state index contributed by atoms with van der Waals surface area (Å²) in [4.78, 5) is 27.9.